The fraction of sp³-hybridized carbons (Fsp3) is 0.333. The third-order valence-corrected chi connectivity index (χ3v) is 4.87. The molecule has 1 aromatic carbocycles. The van der Waals surface area contributed by atoms with Gasteiger partial charge in [0.05, 0.1) is 0 Å². The van der Waals surface area contributed by atoms with Gasteiger partial charge in [0.25, 0.3) is 0 Å². The van der Waals surface area contributed by atoms with Crippen LogP contribution in [0.3, 0.4) is 0 Å². The van der Waals surface area contributed by atoms with Gasteiger partial charge in [0.1, 0.15) is 0 Å². The van der Waals surface area contributed by atoms with Crippen LogP contribution >= 0.6 is 0 Å². The van der Waals surface area contributed by atoms with Crippen molar-refractivity contribution in [1.29, 1.82) is 0 Å². The van der Waals surface area contributed by atoms with Crippen molar-refractivity contribution in [2.75, 3.05) is 14.2 Å². The van der Waals surface area contributed by atoms with E-state index in [1.165, 1.54) is 5.56 Å². The first kappa shape index (κ1) is 8.37. The van der Waals surface area contributed by atoms with E-state index in [0.29, 0.717) is 0 Å². The van der Waals surface area contributed by atoms with Crippen LogP contribution in [0.1, 0.15) is 5.56 Å². The van der Waals surface area contributed by atoms with Gasteiger partial charge in [-0.1, -0.05) is 0 Å². The van der Waals surface area contributed by atoms with Crippen molar-refractivity contribution in [3.8, 4) is 5.75 Å². The van der Waals surface area contributed by atoms with E-state index in [1.54, 1.807) is 10.7 Å². The van der Waals surface area contributed by atoms with Gasteiger partial charge in [-0.25, -0.2) is 0 Å². The van der Waals surface area contributed by atoms with Gasteiger partial charge >= 0.3 is 82.9 Å². The van der Waals surface area contributed by atoms with Gasteiger partial charge in [0, 0.05) is 0 Å². The molecule has 0 fully saturated rings. The Morgan fingerprint density at radius 2 is 2.33 bits per heavy atom. The zero-order chi connectivity index (χ0) is 8.55. The van der Waals surface area contributed by atoms with Crippen LogP contribution in [-0.4, -0.2) is 38.5 Å². The van der Waals surface area contributed by atoms with Crippen LogP contribution in [0.2, 0.25) is 0 Å². The third kappa shape index (κ3) is 1.45. The summed E-state index contributed by atoms with van der Waals surface area (Å²) in [6.45, 7) is 1.11. The molecule has 0 bridgehead atoms. The third-order valence-electron chi connectivity index (χ3n) is 1.91. The van der Waals surface area contributed by atoms with Gasteiger partial charge in [0.15, 0.2) is 0 Å². The van der Waals surface area contributed by atoms with E-state index < -0.39 is 0 Å². The van der Waals surface area contributed by atoms with Crippen LogP contribution in [0, 0.1) is 0 Å². The second-order valence-corrected chi connectivity index (χ2v) is 6.41. The van der Waals surface area contributed by atoms with Crippen LogP contribution < -0.4 is 8.35 Å². The molecule has 3 heteroatoms. The molecule has 0 saturated heterocycles. The first-order valence-corrected chi connectivity index (χ1v) is 6.06. The first-order chi connectivity index (χ1) is 5.79. The molecule has 0 amide bonds. The van der Waals surface area contributed by atoms with Crippen molar-refractivity contribution >= 4 is 24.8 Å². The standard InChI is InChI=1S/C9H11NOTe/c1-10-6-7-5-8(11-2)3-4-9(7)12-10/h3-5H,6H2,1-2H3. The molecule has 2 rings (SSSR count). The van der Waals surface area contributed by atoms with Crippen LogP contribution in [0.4, 0.5) is 0 Å². The van der Waals surface area contributed by atoms with Crippen molar-refractivity contribution < 1.29 is 4.74 Å². The molecule has 0 radical (unpaired) electrons. The van der Waals surface area contributed by atoms with Crippen molar-refractivity contribution in [1.82, 2.24) is 3.15 Å². The average molecular weight is 277 g/mol. The maximum absolute atomic E-state index is 5.17. The van der Waals surface area contributed by atoms with Crippen LogP contribution in [0.25, 0.3) is 0 Å². The SMILES string of the molecule is COc1ccc2c(c1)CN(C)[Te]2. The molecule has 0 aromatic heterocycles. The normalized spacial score (nSPS) is 16.2. The predicted octanol–water partition coefficient (Wildman–Crippen LogP) is 0.385. The van der Waals surface area contributed by atoms with Gasteiger partial charge in [-0.3, -0.25) is 0 Å². The Morgan fingerprint density at radius 3 is 3.08 bits per heavy atom. The fourth-order valence-corrected chi connectivity index (χ4v) is 3.93. The summed E-state index contributed by atoms with van der Waals surface area (Å²) in [6, 6.07) is 6.42. The molecule has 1 aromatic rings. The molecule has 2 nitrogen and oxygen atoms in total. The minimum atomic E-state index is -0.0532. The summed E-state index contributed by atoms with van der Waals surface area (Å²) >= 11 is -0.0532. The first-order valence-electron chi connectivity index (χ1n) is 3.85. The summed E-state index contributed by atoms with van der Waals surface area (Å²) in [4.78, 5) is 0. The molecule has 64 valence electrons. The van der Waals surface area contributed by atoms with Crippen LogP contribution in [0.15, 0.2) is 18.2 Å². The number of hydrogen-bond acceptors (Lipinski definition) is 2. The monoisotopic (exact) mass is 279 g/mol. The van der Waals surface area contributed by atoms with E-state index in [0.717, 1.165) is 12.3 Å². The number of methoxy groups -OCH3 is 1. The Bertz CT molecular complexity index is 301. The number of ether oxygens (including phenoxy) is 1. The molecule has 0 saturated carbocycles. The Morgan fingerprint density at radius 1 is 1.50 bits per heavy atom. The summed E-state index contributed by atoms with van der Waals surface area (Å²) in [5.41, 5.74) is 1.46. The van der Waals surface area contributed by atoms with Crippen LogP contribution in [-0.2, 0) is 6.54 Å². The summed E-state index contributed by atoms with van der Waals surface area (Å²) in [6.07, 6.45) is 0. The van der Waals surface area contributed by atoms with Gasteiger partial charge in [0.2, 0.25) is 0 Å². The maximum atomic E-state index is 5.17. The zero-order valence-electron chi connectivity index (χ0n) is 7.20. The molecular weight excluding hydrogens is 266 g/mol. The Labute approximate surface area is 82.9 Å². The predicted molar refractivity (Wildman–Crippen MR) is 49.8 cm³/mol. The second-order valence-electron chi connectivity index (χ2n) is 2.85. The van der Waals surface area contributed by atoms with Crippen LogP contribution in [0.5, 0.6) is 5.75 Å². The van der Waals surface area contributed by atoms with Gasteiger partial charge in [-0.2, -0.15) is 0 Å². The van der Waals surface area contributed by atoms with Gasteiger partial charge in [-0.15, -0.1) is 0 Å². The molecule has 0 atom stereocenters. The van der Waals surface area contributed by atoms with Crippen molar-refractivity contribution in [2.45, 2.75) is 6.54 Å². The number of benzene rings is 1. The van der Waals surface area contributed by atoms with E-state index >= 15 is 0 Å². The molecule has 0 spiro atoms. The molecule has 1 aliphatic heterocycles. The zero-order valence-corrected chi connectivity index (χ0v) is 9.53. The summed E-state index contributed by atoms with van der Waals surface area (Å²) in [5, 5.41) is 0. The molecule has 0 aliphatic carbocycles. The Balaban J connectivity index is 2.35. The number of rotatable bonds is 1. The summed E-state index contributed by atoms with van der Waals surface area (Å²) in [7, 11) is 3.91. The molecule has 1 heterocycles. The Hall–Kier alpha value is -0.230. The number of hydrogen-bond donors (Lipinski definition) is 0. The van der Waals surface area contributed by atoms with Crippen molar-refractivity contribution in [3.05, 3.63) is 23.8 Å². The van der Waals surface area contributed by atoms with E-state index in [1.807, 2.05) is 0 Å². The van der Waals surface area contributed by atoms with E-state index in [2.05, 4.69) is 28.4 Å². The molecule has 1 aliphatic rings. The van der Waals surface area contributed by atoms with Crippen molar-refractivity contribution in [3.63, 3.8) is 0 Å². The second kappa shape index (κ2) is 3.26. The average Bonchev–Trinajstić information content (AvgIpc) is 2.43. The molecule has 0 N–H and O–H groups in total. The molecule has 0 unspecified atom stereocenters. The van der Waals surface area contributed by atoms with Gasteiger partial charge in [-0.05, 0) is 0 Å². The quantitative estimate of drug-likeness (QED) is 0.688. The van der Waals surface area contributed by atoms with E-state index in [9.17, 15) is 0 Å². The molecular formula is C9H11NOTe. The van der Waals surface area contributed by atoms with E-state index in [4.69, 9.17) is 4.74 Å². The van der Waals surface area contributed by atoms with E-state index in [-0.39, 0.29) is 21.2 Å². The van der Waals surface area contributed by atoms with Gasteiger partial charge < -0.3 is 0 Å². The minimum absolute atomic E-state index is 0.0532. The summed E-state index contributed by atoms with van der Waals surface area (Å²) in [5.74, 6) is 0.983. The van der Waals surface area contributed by atoms with Crippen molar-refractivity contribution in [2.24, 2.45) is 0 Å². The number of fused-ring (bicyclic) bond motifs is 1. The molecule has 12 heavy (non-hydrogen) atoms. The topological polar surface area (TPSA) is 12.5 Å². The fourth-order valence-electron chi connectivity index (χ4n) is 1.34. The summed E-state index contributed by atoms with van der Waals surface area (Å²) < 4.78 is 9.16. The Kier molecular flexibility index (Phi) is 2.27. The number of nitrogens with zero attached hydrogens (tertiary/aromatic N) is 1.